The summed E-state index contributed by atoms with van der Waals surface area (Å²) in [5.74, 6) is 1.49. The maximum Gasteiger partial charge on any atom is 0.308 e. The van der Waals surface area contributed by atoms with Crippen LogP contribution in [0.4, 0.5) is 0 Å². The fourth-order valence-corrected chi connectivity index (χ4v) is 3.30. The summed E-state index contributed by atoms with van der Waals surface area (Å²) >= 11 is 5.72. The molecule has 0 spiro atoms. The first-order chi connectivity index (χ1) is 7.78. The average molecular weight is 261 g/mol. The Bertz CT molecular complexity index is 344. The summed E-state index contributed by atoms with van der Waals surface area (Å²) in [6.07, 6.45) is 1.76. The molecule has 0 fully saturated rings. The zero-order chi connectivity index (χ0) is 12.0. The maximum atomic E-state index is 5.72. The third-order valence-electron chi connectivity index (χ3n) is 2.39. The molecule has 1 rings (SSSR count). The van der Waals surface area contributed by atoms with Crippen LogP contribution in [0.1, 0.15) is 12.0 Å². The lowest BCUT2D eigenvalue weighted by Gasteiger charge is -2.15. The van der Waals surface area contributed by atoms with Gasteiger partial charge < -0.3 is 13.9 Å². The quantitative estimate of drug-likeness (QED) is 0.578. The Morgan fingerprint density at radius 2 is 2.00 bits per heavy atom. The van der Waals surface area contributed by atoms with Gasteiger partial charge >= 0.3 is 8.64 Å². The number of hydrogen-bond acceptors (Lipinski definition) is 3. The Morgan fingerprint density at radius 3 is 2.50 bits per heavy atom. The molecule has 0 aliphatic heterocycles. The van der Waals surface area contributed by atoms with Gasteiger partial charge in [-0.2, -0.15) is 0 Å². The fraction of sp³-hybridized carbons (Fsp3) is 0.545. The Hall–Kier alpha value is -0.743. The van der Waals surface area contributed by atoms with E-state index in [1.54, 1.807) is 21.3 Å². The van der Waals surface area contributed by atoms with Crippen LogP contribution in [0.3, 0.4) is 0 Å². The van der Waals surface area contributed by atoms with Gasteiger partial charge in [-0.15, -0.1) is 11.6 Å². The molecule has 0 amide bonds. The van der Waals surface area contributed by atoms with Crippen molar-refractivity contribution in [2.45, 2.75) is 12.8 Å². The van der Waals surface area contributed by atoms with Crippen molar-refractivity contribution < 1.29 is 13.9 Å². The molecule has 0 radical (unpaired) electrons. The summed E-state index contributed by atoms with van der Waals surface area (Å²) in [4.78, 5) is 0. The topological polar surface area (TPSA) is 27.7 Å². The zero-order valence-corrected chi connectivity index (χ0v) is 11.6. The highest BCUT2D eigenvalue weighted by atomic mass is 35.5. The SMILES string of the molecule is COc1cc[si](OC)c(OC)c1CCCCl. The third kappa shape index (κ3) is 2.89. The molecule has 90 valence electrons. The van der Waals surface area contributed by atoms with Crippen molar-refractivity contribution >= 4 is 20.2 Å². The van der Waals surface area contributed by atoms with Crippen molar-refractivity contribution in [1.29, 1.82) is 0 Å². The molecule has 0 unspecified atom stereocenters. The lowest BCUT2D eigenvalue weighted by atomic mass is 10.1. The van der Waals surface area contributed by atoms with Gasteiger partial charge in [0.1, 0.15) is 11.1 Å². The van der Waals surface area contributed by atoms with Gasteiger partial charge in [-0.3, -0.25) is 0 Å². The van der Waals surface area contributed by atoms with Gasteiger partial charge in [-0.1, -0.05) is 0 Å². The standard InChI is InChI=1S/C11H17ClO3Si/c1-13-10-6-8-16(15-3)11(14-2)9(10)5-4-7-12/h6,8H,4-5,7H2,1-3H3. The number of rotatable bonds is 6. The van der Waals surface area contributed by atoms with E-state index in [0.717, 1.165) is 29.5 Å². The minimum absolute atomic E-state index is 0.635. The van der Waals surface area contributed by atoms with Crippen LogP contribution >= 0.6 is 11.6 Å². The first kappa shape index (κ1) is 13.3. The zero-order valence-electron chi connectivity index (χ0n) is 9.88. The van der Waals surface area contributed by atoms with Gasteiger partial charge in [0.25, 0.3) is 0 Å². The van der Waals surface area contributed by atoms with Crippen LogP contribution in [0.5, 0.6) is 11.1 Å². The first-order valence-electron chi connectivity index (χ1n) is 5.12. The van der Waals surface area contributed by atoms with Crippen LogP contribution in [0.25, 0.3) is 0 Å². The van der Waals surface area contributed by atoms with Crippen molar-refractivity contribution in [3.05, 3.63) is 17.3 Å². The molecule has 5 heteroatoms. The Morgan fingerprint density at radius 1 is 1.25 bits per heavy atom. The second-order valence-corrected chi connectivity index (χ2v) is 5.58. The van der Waals surface area contributed by atoms with E-state index in [9.17, 15) is 0 Å². The molecule has 0 aliphatic rings. The molecule has 0 N–H and O–H groups in total. The summed E-state index contributed by atoms with van der Waals surface area (Å²) in [7, 11) is 3.88. The molecule has 0 saturated carbocycles. The minimum Gasteiger partial charge on any atom is -0.548 e. The van der Waals surface area contributed by atoms with Crippen molar-refractivity contribution in [1.82, 2.24) is 0 Å². The monoisotopic (exact) mass is 260 g/mol. The summed E-state index contributed by atoms with van der Waals surface area (Å²) < 4.78 is 16.2. The second-order valence-electron chi connectivity index (χ2n) is 3.27. The van der Waals surface area contributed by atoms with E-state index in [1.165, 1.54) is 0 Å². The second kappa shape index (κ2) is 6.76. The van der Waals surface area contributed by atoms with E-state index in [-0.39, 0.29) is 0 Å². The molecule has 16 heavy (non-hydrogen) atoms. The van der Waals surface area contributed by atoms with Crippen LogP contribution in [-0.4, -0.2) is 35.8 Å². The number of ether oxygens (including phenoxy) is 2. The molecule has 0 atom stereocenters. The Balaban J connectivity index is 3.14. The number of alkyl halides is 1. The van der Waals surface area contributed by atoms with E-state index < -0.39 is 8.64 Å². The number of hydrogen-bond donors (Lipinski definition) is 0. The maximum absolute atomic E-state index is 5.72. The van der Waals surface area contributed by atoms with Gasteiger partial charge in [-0.25, -0.2) is 0 Å². The minimum atomic E-state index is -1.16. The summed E-state index contributed by atoms with van der Waals surface area (Å²) in [5, 5.41) is 0.914. The largest absolute Gasteiger partial charge is 0.548 e. The predicted octanol–water partition coefficient (Wildman–Crippen LogP) is 1.96. The Labute approximate surface area is 103 Å². The highest BCUT2D eigenvalue weighted by Crippen LogP contribution is 2.28. The van der Waals surface area contributed by atoms with Crippen molar-refractivity contribution in [2.24, 2.45) is 0 Å². The van der Waals surface area contributed by atoms with Gasteiger partial charge in [0, 0.05) is 11.4 Å². The highest BCUT2D eigenvalue weighted by molar-refractivity contribution is 6.50. The third-order valence-corrected chi connectivity index (χ3v) is 4.52. The van der Waals surface area contributed by atoms with Crippen LogP contribution in [-0.2, 0) is 6.42 Å². The molecule has 3 nitrogen and oxygen atoms in total. The smallest absolute Gasteiger partial charge is 0.308 e. The molecule has 0 aromatic carbocycles. The van der Waals surface area contributed by atoms with E-state index >= 15 is 0 Å². The van der Waals surface area contributed by atoms with E-state index in [1.807, 2.05) is 11.7 Å². The molecular weight excluding hydrogens is 244 g/mol. The van der Waals surface area contributed by atoms with E-state index in [4.69, 9.17) is 25.5 Å². The molecule has 0 bridgehead atoms. The van der Waals surface area contributed by atoms with Crippen molar-refractivity contribution in [3.8, 4) is 11.1 Å². The predicted molar refractivity (Wildman–Crippen MR) is 67.0 cm³/mol. The lowest BCUT2D eigenvalue weighted by molar-refractivity contribution is 0.383. The van der Waals surface area contributed by atoms with Gasteiger partial charge in [0.15, 0.2) is 0 Å². The normalized spacial score (nSPS) is 10.0. The van der Waals surface area contributed by atoms with Crippen LogP contribution in [0.2, 0.25) is 0 Å². The van der Waals surface area contributed by atoms with E-state index in [0.29, 0.717) is 5.88 Å². The molecular formula is C11H17ClO3Si. The van der Waals surface area contributed by atoms with Crippen LogP contribution in [0.15, 0.2) is 11.7 Å². The molecule has 1 aromatic heterocycles. The summed E-state index contributed by atoms with van der Waals surface area (Å²) in [5.41, 5.74) is 3.11. The average Bonchev–Trinajstić information content (AvgIpc) is 2.34. The highest BCUT2D eigenvalue weighted by Gasteiger charge is 2.16. The molecule has 0 saturated heterocycles. The molecule has 1 heterocycles. The van der Waals surface area contributed by atoms with Crippen LogP contribution in [0, 0.1) is 0 Å². The van der Waals surface area contributed by atoms with Gasteiger partial charge in [-0.05, 0) is 24.6 Å². The van der Waals surface area contributed by atoms with E-state index in [2.05, 4.69) is 0 Å². The molecule has 0 aliphatic carbocycles. The number of methoxy groups -OCH3 is 2. The molecule has 1 aromatic rings. The van der Waals surface area contributed by atoms with Crippen molar-refractivity contribution in [3.63, 3.8) is 0 Å². The van der Waals surface area contributed by atoms with Gasteiger partial charge in [0.05, 0.1) is 21.3 Å². The number of halogens is 1. The van der Waals surface area contributed by atoms with Crippen molar-refractivity contribution in [2.75, 3.05) is 27.2 Å². The van der Waals surface area contributed by atoms with Gasteiger partial charge in [0.2, 0.25) is 0 Å². The fourth-order valence-electron chi connectivity index (χ4n) is 1.64. The Kier molecular flexibility index (Phi) is 5.63. The van der Waals surface area contributed by atoms with Crippen LogP contribution < -0.4 is 13.9 Å². The first-order valence-corrected chi connectivity index (χ1v) is 7.14. The summed E-state index contributed by atoms with van der Waals surface area (Å²) in [6, 6.07) is 1.96. The lowest BCUT2D eigenvalue weighted by Crippen LogP contribution is -2.14. The summed E-state index contributed by atoms with van der Waals surface area (Å²) in [6.45, 7) is 0.